The van der Waals surface area contributed by atoms with Gasteiger partial charge in [0, 0.05) is 29.8 Å². The van der Waals surface area contributed by atoms with Gasteiger partial charge in [-0.05, 0) is 24.6 Å². The first-order chi connectivity index (χ1) is 17.6. The monoisotopic (exact) mass is 526 g/mol. The maximum atomic E-state index is 13.4. The minimum Gasteiger partial charge on any atom is -0.464 e. The summed E-state index contributed by atoms with van der Waals surface area (Å²) in [5.74, 6) is -2.67. The highest BCUT2D eigenvalue weighted by Crippen LogP contribution is 2.51. The third-order valence-corrected chi connectivity index (χ3v) is 7.88. The second kappa shape index (κ2) is 9.09. The van der Waals surface area contributed by atoms with E-state index in [9.17, 15) is 29.6 Å². The van der Waals surface area contributed by atoms with Gasteiger partial charge in [-0.15, -0.1) is 11.3 Å². The standard InChI is InChI=1S/C24H22N4O8S/c1-11-16(15-8-26-10-25-18(22(26)37-15)23(31)35-3)20(27-19(11)17(12(2)29)21(27)30)24(32)36-9-13-4-6-14(7-5-13)28(33)34/h4-8,10-12,17,19,29H,9H2,1-3H3/t11-,12+,17+,19+/m0/s1. The largest absolute Gasteiger partial charge is 0.464 e. The highest BCUT2D eigenvalue weighted by Gasteiger charge is 2.60. The number of β-lactam (4-membered cyclic amide) rings is 1. The van der Waals surface area contributed by atoms with Gasteiger partial charge in [-0.2, -0.15) is 0 Å². The fourth-order valence-electron chi connectivity index (χ4n) is 4.98. The minimum absolute atomic E-state index is 0.0818. The quantitative estimate of drug-likeness (QED) is 0.212. The summed E-state index contributed by atoms with van der Waals surface area (Å²) < 4.78 is 12.0. The first-order valence-electron chi connectivity index (χ1n) is 11.3. The number of hydrogen-bond donors (Lipinski definition) is 1. The number of aromatic nitrogens is 2. The molecule has 13 heteroatoms. The van der Waals surface area contributed by atoms with E-state index in [0.29, 0.717) is 20.8 Å². The Hall–Kier alpha value is -4.10. The van der Waals surface area contributed by atoms with Crippen LogP contribution in [0.15, 0.2) is 42.5 Å². The molecule has 4 heterocycles. The molecule has 1 amide bonds. The number of amides is 1. The van der Waals surface area contributed by atoms with Gasteiger partial charge in [-0.25, -0.2) is 14.6 Å². The van der Waals surface area contributed by atoms with Crippen LogP contribution in [0.3, 0.4) is 0 Å². The van der Waals surface area contributed by atoms with Crippen LogP contribution in [0.4, 0.5) is 5.69 Å². The van der Waals surface area contributed by atoms with Crippen LogP contribution in [0.5, 0.6) is 0 Å². The molecule has 1 saturated heterocycles. The number of carbonyl (C=O) groups excluding carboxylic acids is 3. The Morgan fingerprint density at radius 3 is 2.59 bits per heavy atom. The number of non-ortho nitro benzene ring substituents is 1. The normalized spacial score (nSPS) is 21.6. The number of benzene rings is 1. The molecule has 5 rings (SSSR count). The van der Waals surface area contributed by atoms with Crippen molar-refractivity contribution in [2.75, 3.05) is 7.11 Å². The molecule has 12 nitrogen and oxygen atoms in total. The Morgan fingerprint density at radius 2 is 1.97 bits per heavy atom. The SMILES string of the molecule is COC(=O)c1ncn2cc(C3=C(C(=O)OCc4ccc([N+](=O)[O-])cc4)N4C(=O)[C@H]([C@@H](C)O)[C@H]4[C@H]3C)sc12. The van der Waals surface area contributed by atoms with Crippen molar-refractivity contribution in [1.29, 1.82) is 0 Å². The average Bonchev–Trinajstić information content (AvgIpc) is 3.51. The molecule has 4 atom stereocenters. The molecule has 2 aromatic heterocycles. The lowest BCUT2D eigenvalue weighted by atomic mass is 9.77. The van der Waals surface area contributed by atoms with Crippen molar-refractivity contribution in [2.45, 2.75) is 32.6 Å². The van der Waals surface area contributed by atoms with Gasteiger partial charge < -0.3 is 19.5 Å². The Balaban J connectivity index is 1.51. The fourth-order valence-corrected chi connectivity index (χ4v) is 6.18. The molecule has 0 unspecified atom stereocenters. The molecule has 0 aliphatic carbocycles. The number of ether oxygens (including phenoxy) is 2. The molecule has 1 aromatic carbocycles. The molecule has 37 heavy (non-hydrogen) atoms. The molecule has 3 aromatic rings. The van der Waals surface area contributed by atoms with E-state index >= 15 is 0 Å². The smallest absolute Gasteiger partial charge is 0.359 e. The molecular weight excluding hydrogens is 504 g/mol. The maximum Gasteiger partial charge on any atom is 0.359 e. The number of hydrogen-bond acceptors (Lipinski definition) is 10. The predicted molar refractivity (Wildman–Crippen MR) is 129 cm³/mol. The van der Waals surface area contributed by atoms with E-state index in [0.717, 1.165) is 0 Å². The van der Waals surface area contributed by atoms with Gasteiger partial charge in [0.25, 0.3) is 5.69 Å². The average molecular weight is 527 g/mol. The third kappa shape index (κ3) is 3.86. The van der Waals surface area contributed by atoms with Crippen LogP contribution in [-0.2, 0) is 25.7 Å². The Bertz CT molecular complexity index is 1470. The van der Waals surface area contributed by atoms with Crippen LogP contribution >= 0.6 is 11.3 Å². The lowest BCUT2D eigenvalue weighted by Crippen LogP contribution is -2.63. The molecule has 0 spiro atoms. The molecule has 192 valence electrons. The van der Waals surface area contributed by atoms with E-state index in [2.05, 4.69) is 4.98 Å². The van der Waals surface area contributed by atoms with Crippen LogP contribution < -0.4 is 0 Å². The zero-order chi connectivity index (χ0) is 26.6. The van der Waals surface area contributed by atoms with Crippen LogP contribution in [0, 0.1) is 22.0 Å². The summed E-state index contributed by atoms with van der Waals surface area (Å²) >= 11 is 1.23. The molecule has 2 aliphatic rings. The summed E-state index contributed by atoms with van der Waals surface area (Å²) in [7, 11) is 1.26. The van der Waals surface area contributed by atoms with E-state index in [1.165, 1.54) is 53.9 Å². The van der Waals surface area contributed by atoms with E-state index in [1.54, 1.807) is 17.5 Å². The van der Waals surface area contributed by atoms with Gasteiger partial charge >= 0.3 is 11.9 Å². The van der Waals surface area contributed by atoms with Gasteiger partial charge in [0.2, 0.25) is 5.91 Å². The summed E-state index contributed by atoms with van der Waals surface area (Å²) in [5, 5.41) is 21.1. The number of fused-ring (bicyclic) bond motifs is 2. The van der Waals surface area contributed by atoms with Gasteiger partial charge in [-0.3, -0.25) is 19.3 Å². The van der Waals surface area contributed by atoms with Crippen molar-refractivity contribution in [3.8, 4) is 0 Å². The number of carbonyl (C=O) groups is 3. The number of nitro groups is 1. The second-order valence-electron chi connectivity index (χ2n) is 8.91. The molecule has 0 bridgehead atoms. The Labute approximate surface area is 213 Å². The first-order valence-corrected chi connectivity index (χ1v) is 12.2. The van der Waals surface area contributed by atoms with E-state index in [4.69, 9.17) is 9.47 Å². The highest BCUT2D eigenvalue weighted by atomic mass is 32.1. The van der Waals surface area contributed by atoms with E-state index in [-0.39, 0.29) is 35.5 Å². The molecule has 1 fully saturated rings. The Kier molecular flexibility index (Phi) is 6.04. The number of esters is 2. The summed E-state index contributed by atoms with van der Waals surface area (Å²) in [6.07, 6.45) is 2.29. The number of rotatable bonds is 7. The first kappa shape index (κ1) is 24.6. The Morgan fingerprint density at radius 1 is 1.27 bits per heavy atom. The molecule has 2 aliphatic heterocycles. The van der Waals surface area contributed by atoms with Crippen LogP contribution in [-0.4, -0.2) is 61.4 Å². The predicted octanol–water partition coefficient (Wildman–Crippen LogP) is 2.40. The van der Waals surface area contributed by atoms with Gasteiger partial charge in [0.1, 0.15) is 23.5 Å². The fraction of sp³-hybridized carbons (Fsp3) is 0.333. The van der Waals surface area contributed by atoms with Crippen molar-refractivity contribution in [3.63, 3.8) is 0 Å². The van der Waals surface area contributed by atoms with Crippen molar-refractivity contribution < 1.29 is 33.9 Å². The lowest BCUT2D eigenvalue weighted by Gasteiger charge is -2.46. The topological polar surface area (TPSA) is 154 Å². The van der Waals surface area contributed by atoms with Crippen molar-refractivity contribution in [2.24, 2.45) is 11.8 Å². The number of nitrogens with zero attached hydrogens (tertiary/aromatic N) is 4. The number of thiazole rings is 1. The van der Waals surface area contributed by atoms with Gasteiger partial charge in [0.05, 0.1) is 35.0 Å². The third-order valence-electron chi connectivity index (χ3n) is 6.74. The maximum absolute atomic E-state index is 13.4. The summed E-state index contributed by atoms with van der Waals surface area (Å²) in [4.78, 5) is 55.5. The van der Waals surface area contributed by atoms with E-state index < -0.39 is 34.9 Å². The van der Waals surface area contributed by atoms with Gasteiger partial charge in [-0.1, -0.05) is 6.92 Å². The summed E-state index contributed by atoms with van der Waals surface area (Å²) in [5.41, 5.74) is 1.24. The molecule has 0 radical (unpaired) electrons. The zero-order valence-electron chi connectivity index (χ0n) is 20.0. The lowest BCUT2D eigenvalue weighted by molar-refractivity contribution is -0.384. The molecule has 0 saturated carbocycles. The van der Waals surface area contributed by atoms with Crippen LogP contribution in [0.1, 0.15) is 34.8 Å². The molecule has 1 N–H and O–H groups in total. The number of imidazole rings is 1. The highest BCUT2D eigenvalue weighted by molar-refractivity contribution is 7.18. The molecular formula is C24H22N4O8S. The number of aliphatic hydroxyl groups is 1. The number of aliphatic hydroxyl groups excluding tert-OH is 1. The van der Waals surface area contributed by atoms with Crippen molar-refractivity contribution in [3.05, 3.63) is 68.7 Å². The summed E-state index contributed by atoms with van der Waals surface area (Å²) in [6.45, 7) is 3.26. The second-order valence-corrected chi connectivity index (χ2v) is 9.94. The summed E-state index contributed by atoms with van der Waals surface area (Å²) in [6, 6.07) is 5.18. The van der Waals surface area contributed by atoms with Crippen molar-refractivity contribution >= 4 is 45.3 Å². The van der Waals surface area contributed by atoms with Crippen molar-refractivity contribution in [1.82, 2.24) is 14.3 Å². The number of nitro benzene ring substituents is 1. The minimum atomic E-state index is -0.901. The number of methoxy groups -OCH3 is 1. The van der Waals surface area contributed by atoms with Crippen LogP contribution in [0.25, 0.3) is 10.4 Å². The zero-order valence-corrected chi connectivity index (χ0v) is 20.8. The van der Waals surface area contributed by atoms with Gasteiger partial charge in [0.15, 0.2) is 5.69 Å². The van der Waals surface area contributed by atoms with Crippen LogP contribution in [0.2, 0.25) is 0 Å². The van der Waals surface area contributed by atoms with E-state index in [1.807, 2.05) is 6.92 Å².